The minimum absolute atomic E-state index is 0.0124. The lowest BCUT2D eigenvalue weighted by Crippen LogP contribution is -2.47. The number of nitrogens with one attached hydrogen (secondary N) is 3. The van der Waals surface area contributed by atoms with Crippen LogP contribution in [0, 0.1) is 5.82 Å². The topological polar surface area (TPSA) is 112 Å². The minimum Gasteiger partial charge on any atom is -0.365 e. The quantitative estimate of drug-likeness (QED) is 0.593. The number of hydrogen-bond donors (Lipinski definition) is 3. The van der Waals surface area contributed by atoms with Gasteiger partial charge in [0.1, 0.15) is 5.69 Å². The Kier molecular flexibility index (Phi) is 5.35. The fourth-order valence-electron chi connectivity index (χ4n) is 4.44. The number of likely N-dealkylation sites (tertiary alicyclic amines) is 1. The number of anilines is 1. The molecule has 1 saturated carbocycles. The zero-order valence-electron chi connectivity index (χ0n) is 17.1. The minimum atomic E-state index is -0.506. The lowest BCUT2D eigenvalue weighted by atomic mass is 9.91. The summed E-state index contributed by atoms with van der Waals surface area (Å²) in [4.78, 5) is 27.0. The first-order chi connectivity index (χ1) is 15.2. The first-order valence-electron chi connectivity index (χ1n) is 10.8. The SMILES string of the molecule is O=C(NC1CCCC(Nc2nc(-c3[nH]nc4ncccc34)ncc2F)C1)N1CCCC1. The molecule has 1 aliphatic carbocycles. The summed E-state index contributed by atoms with van der Waals surface area (Å²) in [5.74, 6) is 0.0103. The third kappa shape index (κ3) is 4.14. The molecule has 3 aromatic rings. The summed E-state index contributed by atoms with van der Waals surface area (Å²) in [6.45, 7) is 1.65. The highest BCUT2D eigenvalue weighted by atomic mass is 19.1. The molecule has 2 atom stereocenters. The van der Waals surface area contributed by atoms with Crippen molar-refractivity contribution in [1.82, 2.24) is 35.4 Å². The summed E-state index contributed by atoms with van der Waals surface area (Å²) >= 11 is 0. The van der Waals surface area contributed by atoms with E-state index < -0.39 is 5.82 Å². The number of H-pyrrole nitrogens is 1. The number of carbonyl (C=O) groups is 1. The van der Waals surface area contributed by atoms with Crippen molar-refractivity contribution in [2.45, 2.75) is 50.6 Å². The maximum absolute atomic E-state index is 14.5. The van der Waals surface area contributed by atoms with E-state index in [0.29, 0.717) is 17.2 Å². The second-order valence-electron chi connectivity index (χ2n) is 8.21. The molecule has 0 radical (unpaired) electrons. The molecule has 162 valence electrons. The van der Waals surface area contributed by atoms with E-state index in [4.69, 9.17) is 0 Å². The van der Waals surface area contributed by atoms with Gasteiger partial charge >= 0.3 is 6.03 Å². The molecule has 2 fully saturated rings. The van der Waals surface area contributed by atoms with E-state index in [-0.39, 0.29) is 23.9 Å². The second-order valence-corrected chi connectivity index (χ2v) is 8.21. The lowest BCUT2D eigenvalue weighted by Gasteiger charge is -2.32. The smallest absolute Gasteiger partial charge is 0.317 e. The Morgan fingerprint density at radius 1 is 1.16 bits per heavy atom. The summed E-state index contributed by atoms with van der Waals surface area (Å²) < 4.78 is 14.5. The van der Waals surface area contributed by atoms with Crippen molar-refractivity contribution in [2.24, 2.45) is 0 Å². The summed E-state index contributed by atoms with van der Waals surface area (Å²) in [7, 11) is 0. The first kappa shape index (κ1) is 19.7. The molecule has 0 aromatic carbocycles. The van der Waals surface area contributed by atoms with Crippen molar-refractivity contribution in [3.8, 4) is 11.5 Å². The van der Waals surface area contributed by atoms with Crippen LogP contribution >= 0.6 is 0 Å². The molecule has 3 N–H and O–H groups in total. The van der Waals surface area contributed by atoms with Crippen LogP contribution in [0.4, 0.5) is 15.0 Å². The van der Waals surface area contributed by atoms with Crippen LogP contribution in [0.5, 0.6) is 0 Å². The van der Waals surface area contributed by atoms with E-state index in [1.807, 2.05) is 17.0 Å². The van der Waals surface area contributed by atoms with Crippen molar-refractivity contribution >= 4 is 22.9 Å². The molecule has 10 heteroatoms. The normalized spacial score (nSPS) is 21.4. The standard InChI is InChI=1S/C21H25FN8O/c22-16-12-24-20(17-15-7-4-8-23-18(15)29-28-17)27-19(16)25-13-5-3-6-14(11-13)26-21(31)30-9-1-2-10-30/h4,7-8,12-14H,1-3,5-6,9-11H2,(H,26,31)(H,23,28,29)(H,24,25,27). The van der Waals surface area contributed by atoms with Gasteiger partial charge < -0.3 is 15.5 Å². The highest BCUT2D eigenvalue weighted by Gasteiger charge is 2.27. The molecule has 5 rings (SSSR count). The number of hydrogen-bond acceptors (Lipinski definition) is 6. The largest absolute Gasteiger partial charge is 0.365 e. The van der Waals surface area contributed by atoms with E-state index in [9.17, 15) is 9.18 Å². The van der Waals surface area contributed by atoms with Crippen LogP contribution in [-0.2, 0) is 0 Å². The highest BCUT2D eigenvalue weighted by molar-refractivity contribution is 5.88. The van der Waals surface area contributed by atoms with Gasteiger partial charge in [0.2, 0.25) is 0 Å². The summed E-state index contributed by atoms with van der Waals surface area (Å²) in [5, 5.41) is 14.2. The van der Waals surface area contributed by atoms with Crippen LogP contribution in [0.3, 0.4) is 0 Å². The number of nitrogens with zero attached hydrogens (tertiary/aromatic N) is 5. The number of amides is 2. The van der Waals surface area contributed by atoms with E-state index in [0.717, 1.165) is 57.0 Å². The molecule has 3 aromatic heterocycles. The van der Waals surface area contributed by atoms with E-state index in [2.05, 4.69) is 35.8 Å². The Hall–Kier alpha value is -3.30. The van der Waals surface area contributed by atoms with Crippen LogP contribution < -0.4 is 10.6 Å². The van der Waals surface area contributed by atoms with Gasteiger partial charge in [-0.15, -0.1) is 0 Å². The Labute approximate surface area is 178 Å². The number of carbonyl (C=O) groups excluding carboxylic acids is 1. The number of halogens is 1. The Balaban J connectivity index is 1.29. The first-order valence-corrected chi connectivity index (χ1v) is 10.8. The lowest BCUT2D eigenvalue weighted by molar-refractivity contribution is 0.199. The summed E-state index contributed by atoms with van der Waals surface area (Å²) in [5.41, 5.74) is 1.16. The zero-order chi connectivity index (χ0) is 21.2. The Morgan fingerprint density at radius 2 is 2.00 bits per heavy atom. The molecule has 1 saturated heterocycles. The average Bonchev–Trinajstić information content (AvgIpc) is 3.46. The van der Waals surface area contributed by atoms with Crippen LogP contribution in [0.15, 0.2) is 24.5 Å². The molecule has 2 unspecified atom stereocenters. The fraction of sp³-hybridized carbons (Fsp3) is 0.476. The van der Waals surface area contributed by atoms with E-state index in [1.54, 1.807) is 6.20 Å². The van der Waals surface area contributed by atoms with Gasteiger partial charge in [-0.1, -0.05) is 0 Å². The predicted molar refractivity (Wildman–Crippen MR) is 114 cm³/mol. The molecular formula is C21H25FN8O. The highest BCUT2D eigenvalue weighted by Crippen LogP contribution is 2.26. The number of urea groups is 1. The molecule has 31 heavy (non-hydrogen) atoms. The number of aromatic nitrogens is 5. The number of fused-ring (bicyclic) bond motifs is 1. The number of pyridine rings is 1. The third-order valence-corrected chi connectivity index (χ3v) is 6.03. The van der Waals surface area contributed by atoms with Crippen molar-refractivity contribution in [2.75, 3.05) is 18.4 Å². The molecule has 0 bridgehead atoms. The third-order valence-electron chi connectivity index (χ3n) is 6.03. The predicted octanol–water partition coefficient (Wildman–Crippen LogP) is 3.08. The van der Waals surface area contributed by atoms with Crippen molar-refractivity contribution in [1.29, 1.82) is 0 Å². The number of aromatic amines is 1. The van der Waals surface area contributed by atoms with Crippen molar-refractivity contribution in [3.63, 3.8) is 0 Å². The fourth-order valence-corrected chi connectivity index (χ4v) is 4.44. The second kappa shape index (κ2) is 8.44. The van der Waals surface area contributed by atoms with E-state index >= 15 is 0 Å². The van der Waals surface area contributed by atoms with Gasteiger partial charge in [-0.2, -0.15) is 5.10 Å². The van der Waals surface area contributed by atoms with Crippen LogP contribution in [0.25, 0.3) is 22.6 Å². The van der Waals surface area contributed by atoms with Gasteiger partial charge in [0.25, 0.3) is 0 Å². The zero-order valence-corrected chi connectivity index (χ0v) is 17.1. The maximum atomic E-state index is 14.5. The maximum Gasteiger partial charge on any atom is 0.317 e. The molecule has 1 aliphatic heterocycles. The molecule has 2 aliphatic rings. The molecule has 2 amide bonds. The van der Waals surface area contributed by atoms with Gasteiger partial charge in [0, 0.05) is 36.8 Å². The molecule has 4 heterocycles. The van der Waals surface area contributed by atoms with Crippen molar-refractivity contribution < 1.29 is 9.18 Å². The van der Waals surface area contributed by atoms with Gasteiger partial charge in [0.15, 0.2) is 23.1 Å². The summed E-state index contributed by atoms with van der Waals surface area (Å²) in [6, 6.07) is 3.79. The van der Waals surface area contributed by atoms with Crippen molar-refractivity contribution in [3.05, 3.63) is 30.3 Å². The molecule has 9 nitrogen and oxygen atoms in total. The van der Waals surface area contributed by atoms with Crippen LogP contribution in [0.2, 0.25) is 0 Å². The van der Waals surface area contributed by atoms with Gasteiger partial charge in [-0.05, 0) is 50.7 Å². The van der Waals surface area contributed by atoms with Crippen LogP contribution in [0.1, 0.15) is 38.5 Å². The number of rotatable bonds is 4. The summed E-state index contributed by atoms with van der Waals surface area (Å²) in [6.07, 6.45) is 8.48. The Bertz CT molecular complexity index is 1080. The van der Waals surface area contributed by atoms with Gasteiger partial charge in [-0.25, -0.2) is 24.1 Å². The van der Waals surface area contributed by atoms with Gasteiger partial charge in [-0.3, -0.25) is 5.10 Å². The van der Waals surface area contributed by atoms with Gasteiger partial charge in [0.05, 0.1) is 6.20 Å². The monoisotopic (exact) mass is 424 g/mol. The average molecular weight is 424 g/mol. The van der Waals surface area contributed by atoms with E-state index in [1.165, 1.54) is 6.20 Å². The molecular weight excluding hydrogens is 399 g/mol. The Morgan fingerprint density at radius 3 is 2.87 bits per heavy atom. The molecule has 0 spiro atoms. The van der Waals surface area contributed by atoms with Crippen LogP contribution in [-0.4, -0.2) is 61.3 Å².